The maximum Gasteiger partial charge on any atom is 4.00 e. The summed E-state index contributed by atoms with van der Waals surface area (Å²) in [5.41, 5.74) is 1.47. The molecule has 0 nitrogen and oxygen atoms in total. The molecular formula is C20H16Cl2S2Zr. The molecule has 25 heavy (non-hydrogen) atoms. The van der Waals surface area contributed by atoms with Crippen molar-refractivity contribution < 1.29 is 51.0 Å². The van der Waals surface area contributed by atoms with Crippen molar-refractivity contribution in [3.63, 3.8) is 0 Å². The largest absolute Gasteiger partial charge is 4.00 e. The summed E-state index contributed by atoms with van der Waals surface area (Å²) in [6, 6.07) is 17.0. The van der Waals surface area contributed by atoms with Crippen LogP contribution in [0.4, 0.5) is 0 Å². The van der Waals surface area contributed by atoms with Crippen LogP contribution in [0.5, 0.6) is 0 Å². The molecule has 0 spiro atoms. The van der Waals surface area contributed by atoms with Crippen LogP contribution >= 0.6 is 23.1 Å². The molecular weight excluding hydrogens is 466 g/mol. The normalized spacial score (nSPS) is 16.2. The number of hydrogen-bond acceptors (Lipinski definition) is 2. The van der Waals surface area contributed by atoms with E-state index in [1.54, 1.807) is 0 Å². The second-order valence-electron chi connectivity index (χ2n) is 5.61. The molecule has 5 heteroatoms. The van der Waals surface area contributed by atoms with Crippen molar-refractivity contribution in [3.05, 3.63) is 74.1 Å². The zero-order valence-corrected chi connectivity index (χ0v) is 19.4. The van der Waals surface area contributed by atoms with Gasteiger partial charge in [-0.2, -0.15) is 34.1 Å². The van der Waals surface area contributed by atoms with Gasteiger partial charge in [-0.1, -0.05) is 12.1 Å². The Labute approximate surface area is 188 Å². The van der Waals surface area contributed by atoms with Crippen LogP contribution in [-0.4, -0.2) is 5.25 Å². The molecule has 0 N–H and O–H groups in total. The van der Waals surface area contributed by atoms with E-state index in [0.717, 1.165) is 0 Å². The van der Waals surface area contributed by atoms with Gasteiger partial charge in [0.1, 0.15) is 0 Å². The Morgan fingerprint density at radius 1 is 1.08 bits per heavy atom. The molecule has 1 aromatic heterocycles. The average Bonchev–Trinajstić information content (AvgIpc) is 3.21. The van der Waals surface area contributed by atoms with Crippen LogP contribution in [0.25, 0.3) is 22.4 Å². The molecule has 1 atom stereocenters. The molecule has 1 aliphatic carbocycles. The molecule has 2 aromatic carbocycles. The van der Waals surface area contributed by atoms with Gasteiger partial charge in [-0.05, 0) is 28.9 Å². The Morgan fingerprint density at radius 2 is 1.84 bits per heavy atom. The van der Waals surface area contributed by atoms with Gasteiger partial charge >= 0.3 is 26.2 Å². The van der Waals surface area contributed by atoms with Gasteiger partial charge in [0.2, 0.25) is 0 Å². The first-order valence-corrected chi connectivity index (χ1v) is 9.10. The summed E-state index contributed by atoms with van der Waals surface area (Å²) in [6.07, 6.45) is 5.85. The molecule has 5 rings (SSSR count). The Hall–Kier alpha value is -0.177. The third kappa shape index (κ3) is 4.76. The monoisotopic (exact) mass is 480 g/mol. The van der Waals surface area contributed by atoms with Gasteiger partial charge < -0.3 is 24.8 Å². The second-order valence-corrected chi connectivity index (χ2v) is 8.21. The smallest absolute Gasteiger partial charge is 1.00 e. The minimum absolute atomic E-state index is 0. The molecule has 1 aliphatic heterocycles. The molecule has 0 saturated carbocycles. The van der Waals surface area contributed by atoms with Gasteiger partial charge in [0.25, 0.3) is 0 Å². The van der Waals surface area contributed by atoms with Gasteiger partial charge in [-0.15, -0.1) is 57.6 Å². The van der Waals surface area contributed by atoms with E-state index in [1.807, 2.05) is 23.1 Å². The molecule has 0 radical (unpaired) electrons. The number of benzene rings is 1. The van der Waals surface area contributed by atoms with Crippen molar-refractivity contribution in [2.75, 3.05) is 0 Å². The van der Waals surface area contributed by atoms with E-state index < -0.39 is 0 Å². The SMILES string of the molecule is CC1=CC2=c3cc(C)sc3=[C-]C2S1.[Cl-].[Cl-].[Zr+4].c1ccc2[cH-]ccc2c1. The minimum Gasteiger partial charge on any atom is -1.00 e. The molecule has 3 aromatic rings. The predicted octanol–water partition coefficient (Wildman–Crippen LogP) is -1.54. The van der Waals surface area contributed by atoms with E-state index in [2.05, 4.69) is 74.5 Å². The maximum absolute atomic E-state index is 3.54. The van der Waals surface area contributed by atoms with Gasteiger partial charge in [-0.25, -0.2) is 6.08 Å². The Kier molecular flexibility index (Phi) is 8.84. The Bertz CT molecular complexity index is 968. The molecule has 0 bridgehead atoms. The van der Waals surface area contributed by atoms with Crippen LogP contribution in [-0.2, 0) is 26.2 Å². The fraction of sp³-hybridized carbons (Fsp3) is 0.150. The Balaban J connectivity index is 0.000000234. The Morgan fingerprint density at radius 3 is 2.60 bits per heavy atom. The van der Waals surface area contributed by atoms with Crippen LogP contribution in [0.3, 0.4) is 0 Å². The minimum atomic E-state index is 0. The van der Waals surface area contributed by atoms with Crippen LogP contribution in [0, 0.1) is 6.92 Å². The number of rotatable bonds is 0. The molecule has 2 aliphatic rings. The van der Waals surface area contributed by atoms with E-state index >= 15 is 0 Å². The van der Waals surface area contributed by atoms with Gasteiger partial charge in [0, 0.05) is 0 Å². The van der Waals surface area contributed by atoms with E-state index in [0.29, 0.717) is 5.25 Å². The van der Waals surface area contributed by atoms with Crippen molar-refractivity contribution in [2.45, 2.75) is 19.1 Å². The van der Waals surface area contributed by atoms with Gasteiger partial charge in [-0.3, -0.25) is 0 Å². The third-order valence-electron chi connectivity index (χ3n) is 3.92. The van der Waals surface area contributed by atoms with Crippen LogP contribution in [0.1, 0.15) is 11.8 Å². The summed E-state index contributed by atoms with van der Waals surface area (Å²) in [4.78, 5) is 2.81. The fourth-order valence-corrected chi connectivity index (χ4v) is 5.03. The van der Waals surface area contributed by atoms with E-state index in [-0.39, 0.29) is 51.0 Å². The van der Waals surface area contributed by atoms with E-state index in [4.69, 9.17) is 0 Å². The van der Waals surface area contributed by atoms with Crippen LogP contribution < -0.4 is 34.6 Å². The molecule has 2 heterocycles. The molecule has 0 amide bonds. The van der Waals surface area contributed by atoms with Gasteiger partial charge in [0.15, 0.2) is 0 Å². The predicted molar refractivity (Wildman–Crippen MR) is 99.8 cm³/mol. The van der Waals surface area contributed by atoms with Crippen molar-refractivity contribution in [1.82, 2.24) is 0 Å². The summed E-state index contributed by atoms with van der Waals surface area (Å²) in [6.45, 7) is 4.34. The standard InChI is InChI=1S/C11H9S2.C9H7.2ClH.Zr/c1-6-3-8-9-4-7(2)13-11(9)5-10(8)12-6;1-2-5-9-7-3-6-8(9)4-1;;;/h3-4,10H,1-2H3;1-7H;2*1H;/q2*-1;;;+4/p-2. The molecule has 1 unspecified atom stereocenters. The number of fused-ring (bicyclic) bond motifs is 3. The number of thiophene rings is 1. The molecule has 0 saturated heterocycles. The fourth-order valence-electron chi connectivity index (χ4n) is 2.93. The average molecular weight is 483 g/mol. The second kappa shape index (κ2) is 9.67. The first kappa shape index (κ1) is 22.9. The topological polar surface area (TPSA) is 0 Å². The first-order chi connectivity index (χ1) is 10.7. The molecule has 126 valence electrons. The van der Waals surface area contributed by atoms with E-state index in [1.165, 1.54) is 35.9 Å². The van der Waals surface area contributed by atoms with E-state index in [9.17, 15) is 0 Å². The van der Waals surface area contributed by atoms with Crippen molar-refractivity contribution in [1.29, 1.82) is 0 Å². The zero-order valence-electron chi connectivity index (χ0n) is 13.8. The van der Waals surface area contributed by atoms with Crippen molar-refractivity contribution in [2.24, 2.45) is 0 Å². The first-order valence-electron chi connectivity index (χ1n) is 7.40. The summed E-state index contributed by atoms with van der Waals surface area (Å²) < 4.78 is 1.36. The van der Waals surface area contributed by atoms with Crippen molar-refractivity contribution in [3.8, 4) is 0 Å². The zero-order chi connectivity index (χ0) is 15.1. The summed E-state index contributed by atoms with van der Waals surface area (Å²) in [5.74, 6) is 0. The number of hydrogen-bond donors (Lipinski definition) is 0. The van der Waals surface area contributed by atoms with Crippen molar-refractivity contribution >= 4 is 45.5 Å². The summed E-state index contributed by atoms with van der Waals surface area (Å²) >= 11 is 3.78. The van der Waals surface area contributed by atoms with Gasteiger partial charge in [0.05, 0.1) is 0 Å². The maximum atomic E-state index is 3.54. The summed E-state index contributed by atoms with van der Waals surface area (Å²) in [7, 11) is 0. The molecule has 0 fully saturated rings. The number of halogens is 2. The third-order valence-corrected chi connectivity index (χ3v) is 6.00. The number of allylic oxidation sites excluding steroid dienone is 2. The van der Waals surface area contributed by atoms with Crippen LogP contribution in [0.15, 0.2) is 59.5 Å². The van der Waals surface area contributed by atoms with Crippen LogP contribution in [0.2, 0.25) is 0 Å². The number of aryl methyl sites for hydroxylation is 1. The summed E-state index contributed by atoms with van der Waals surface area (Å²) in [5, 5.41) is 4.59. The number of thioether (sulfide) groups is 1. The quantitative estimate of drug-likeness (QED) is 0.350.